The van der Waals surface area contributed by atoms with Crippen LogP contribution >= 0.6 is 0 Å². The van der Waals surface area contributed by atoms with Gasteiger partial charge >= 0.3 is 5.97 Å². The molecule has 1 aliphatic heterocycles. The molecule has 2 rings (SSSR count). The van der Waals surface area contributed by atoms with Crippen molar-refractivity contribution in [3.05, 3.63) is 48.0 Å². The molecule has 1 aromatic rings. The molecular weight excluding hydrogens is 242 g/mol. The van der Waals surface area contributed by atoms with E-state index in [-0.39, 0.29) is 5.97 Å². The third-order valence-electron chi connectivity index (χ3n) is 2.95. The van der Waals surface area contributed by atoms with Crippen LogP contribution in [0.2, 0.25) is 0 Å². The van der Waals surface area contributed by atoms with Gasteiger partial charge in [0.2, 0.25) is 0 Å². The molecular formula is C15H19NO3. The number of rotatable bonds is 5. The molecule has 0 spiro atoms. The van der Waals surface area contributed by atoms with Crippen molar-refractivity contribution in [2.45, 2.75) is 0 Å². The van der Waals surface area contributed by atoms with E-state index in [1.54, 1.807) is 12.1 Å². The average molecular weight is 261 g/mol. The number of carbonyl (C=O) groups excluding carboxylic acids is 1. The second kappa shape index (κ2) is 7.71. The Balaban J connectivity index is 1.64. The minimum atomic E-state index is -0.281. The quantitative estimate of drug-likeness (QED) is 0.598. The van der Waals surface area contributed by atoms with Crippen LogP contribution in [0.4, 0.5) is 0 Å². The van der Waals surface area contributed by atoms with Crippen molar-refractivity contribution in [1.29, 1.82) is 0 Å². The van der Waals surface area contributed by atoms with Gasteiger partial charge in [-0.1, -0.05) is 24.3 Å². The zero-order chi connectivity index (χ0) is 13.3. The summed E-state index contributed by atoms with van der Waals surface area (Å²) in [5.41, 5.74) is 0.587. The van der Waals surface area contributed by atoms with E-state index in [0.29, 0.717) is 12.2 Å². The molecule has 0 amide bonds. The van der Waals surface area contributed by atoms with Gasteiger partial charge in [0.1, 0.15) is 6.61 Å². The third-order valence-corrected chi connectivity index (χ3v) is 2.95. The third kappa shape index (κ3) is 4.85. The maximum absolute atomic E-state index is 11.6. The first-order chi connectivity index (χ1) is 9.36. The fraction of sp³-hybridized carbons (Fsp3) is 0.400. The summed E-state index contributed by atoms with van der Waals surface area (Å²) < 4.78 is 10.4. The van der Waals surface area contributed by atoms with Gasteiger partial charge in [-0.15, -0.1) is 0 Å². The van der Waals surface area contributed by atoms with E-state index in [9.17, 15) is 4.79 Å². The molecule has 0 bridgehead atoms. The zero-order valence-electron chi connectivity index (χ0n) is 11.0. The van der Waals surface area contributed by atoms with Crippen LogP contribution in [0.25, 0.3) is 0 Å². The number of ether oxygens (including phenoxy) is 2. The second-order valence-corrected chi connectivity index (χ2v) is 4.35. The molecule has 1 fully saturated rings. The van der Waals surface area contributed by atoms with Crippen LogP contribution in [0, 0.1) is 0 Å². The Hall–Kier alpha value is -1.65. The van der Waals surface area contributed by atoms with Crippen molar-refractivity contribution in [3.8, 4) is 0 Å². The molecule has 0 aromatic heterocycles. The van der Waals surface area contributed by atoms with Crippen LogP contribution in [-0.2, 0) is 9.47 Å². The highest BCUT2D eigenvalue weighted by Crippen LogP contribution is 2.01. The van der Waals surface area contributed by atoms with Crippen LogP contribution in [0.1, 0.15) is 10.4 Å². The minimum Gasteiger partial charge on any atom is -0.458 e. The maximum atomic E-state index is 11.6. The van der Waals surface area contributed by atoms with Crippen LogP contribution in [-0.4, -0.2) is 50.3 Å². The fourth-order valence-electron chi connectivity index (χ4n) is 1.86. The van der Waals surface area contributed by atoms with Gasteiger partial charge < -0.3 is 9.47 Å². The Labute approximate surface area is 113 Å². The predicted molar refractivity (Wildman–Crippen MR) is 73.1 cm³/mol. The van der Waals surface area contributed by atoms with Crippen molar-refractivity contribution < 1.29 is 14.3 Å². The summed E-state index contributed by atoms with van der Waals surface area (Å²) in [6.45, 7) is 4.74. The Morgan fingerprint density at radius 3 is 2.68 bits per heavy atom. The lowest BCUT2D eigenvalue weighted by atomic mass is 10.2. The standard InChI is InChI=1S/C15H19NO3/c17-15(14-6-2-1-3-7-14)19-11-5-4-8-16-9-12-18-13-10-16/h1-7H,8-13H2/b5-4+. The molecule has 0 saturated carbocycles. The highest BCUT2D eigenvalue weighted by atomic mass is 16.5. The molecule has 0 unspecified atom stereocenters. The molecule has 102 valence electrons. The number of hydrogen-bond acceptors (Lipinski definition) is 4. The highest BCUT2D eigenvalue weighted by Gasteiger charge is 2.07. The van der Waals surface area contributed by atoms with Gasteiger partial charge in [-0.05, 0) is 18.2 Å². The van der Waals surface area contributed by atoms with E-state index in [1.165, 1.54) is 0 Å². The lowest BCUT2D eigenvalue weighted by Crippen LogP contribution is -2.36. The number of esters is 1. The van der Waals surface area contributed by atoms with E-state index >= 15 is 0 Å². The Morgan fingerprint density at radius 1 is 1.21 bits per heavy atom. The average Bonchev–Trinajstić information content (AvgIpc) is 2.49. The van der Waals surface area contributed by atoms with Gasteiger partial charge in [0.15, 0.2) is 0 Å². The first kappa shape index (κ1) is 13.8. The van der Waals surface area contributed by atoms with Crippen LogP contribution in [0.5, 0.6) is 0 Å². The number of hydrogen-bond donors (Lipinski definition) is 0. The highest BCUT2D eigenvalue weighted by molar-refractivity contribution is 5.89. The topological polar surface area (TPSA) is 38.8 Å². The Kier molecular flexibility index (Phi) is 5.59. The minimum absolute atomic E-state index is 0.281. The SMILES string of the molecule is O=C(OC/C=C/CN1CCOCC1)c1ccccc1. The smallest absolute Gasteiger partial charge is 0.338 e. The Morgan fingerprint density at radius 2 is 1.95 bits per heavy atom. The predicted octanol–water partition coefficient (Wildman–Crippen LogP) is 1.73. The second-order valence-electron chi connectivity index (χ2n) is 4.35. The molecule has 19 heavy (non-hydrogen) atoms. The van der Waals surface area contributed by atoms with Crippen molar-refractivity contribution in [2.24, 2.45) is 0 Å². The summed E-state index contributed by atoms with van der Waals surface area (Å²) in [5.74, 6) is -0.281. The van der Waals surface area contributed by atoms with Gasteiger partial charge in [-0.25, -0.2) is 4.79 Å². The zero-order valence-corrected chi connectivity index (χ0v) is 11.0. The summed E-state index contributed by atoms with van der Waals surface area (Å²) in [6.07, 6.45) is 3.92. The van der Waals surface area contributed by atoms with E-state index in [1.807, 2.05) is 30.4 Å². The molecule has 1 aliphatic rings. The first-order valence-corrected chi connectivity index (χ1v) is 6.53. The van der Waals surface area contributed by atoms with Crippen LogP contribution in [0.3, 0.4) is 0 Å². The number of morpholine rings is 1. The molecule has 0 atom stereocenters. The lowest BCUT2D eigenvalue weighted by Gasteiger charge is -2.25. The van der Waals surface area contributed by atoms with Gasteiger partial charge in [0.25, 0.3) is 0 Å². The van der Waals surface area contributed by atoms with Crippen molar-refractivity contribution in [2.75, 3.05) is 39.5 Å². The van der Waals surface area contributed by atoms with Crippen molar-refractivity contribution in [1.82, 2.24) is 4.90 Å². The summed E-state index contributed by atoms with van der Waals surface area (Å²) in [4.78, 5) is 13.9. The van der Waals surface area contributed by atoms with Crippen LogP contribution < -0.4 is 0 Å². The van der Waals surface area contributed by atoms with E-state index < -0.39 is 0 Å². The summed E-state index contributed by atoms with van der Waals surface area (Å²) in [5, 5.41) is 0. The lowest BCUT2D eigenvalue weighted by molar-refractivity contribution is 0.0433. The van der Waals surface area contributed by atoms with Crippen molar-refractivity contribution in [3.63, 3.8) is 0 Å². The summed E-state index contributed by atoms with van der Waals surface area (Å²) >= 11 is 0. The molecule has 0 N–H and O–H groups in total. The van der Waals surface area contributed by atoms with Gasteiger partial charge in [-0.2, -0.15) is 0 Å². The molecule has 1 aromatic carbocycles. The van der Waals surface area contributed by atoms with Gasteiger partial charge in [0, 0.05) is 19.6 Å². The van der Waals surface area contributed by atoms with E-state index in [4.69, 9.17) is 9.47 Å². The Bertz CT molecular complexity index is 411. The largest absolute Gasteiger partial charge is 0.458 e. The number of nitrogens with zero attached hydrogens (tertiary/aromatic N) is 1. The van der Waals surface area contributed by atoms with Crippen molar-refractivity contribution >= 4 is 5.97 Å². The molecule has 1 saturated heterocycles. The first-order valence-electron chi connectivity index (χ1n) is 6.53. The summed E-state index contributed by atoms with van der Waals surface area (Å²) in [6, 6.07) is 9.02. The molecule has 0 radical (unpaired) electrons. The number of carbonyl (C=O) groups is 1. The van der Waals surface area contributed by atoms with Crippen LogP contribution in [0.15, 0.2) is 42.5 Å². The summed E-state index contributed by atoms with van der Waals surface area (Å²) in [7, 11) is 0. The number of benzene rings is 1. The maximum Gasteiger partial charge on any atom is 0.338 e. The molecule has 4 nitrogen and oxygen atoms in total. The normalized spacial score (nSPS) is 16.6. The molecule has 1 heterocycles. The van der Waals surface area contributed by atoms with Gasteiger partial charge in [0.05, 0.1) is 18.8 Å². The molecule has 4 heteroatoms. The van der Waals surface area contributed by atoms with E-state index in [2.05, 4.69) is 4.90 Å². The van der Waals surface area contributed by atoms with Gasteiger partial charge in [-0.3, -0.25) is 4.90 Å². The fourth-order valence-corrected chi connectivity index (χ4v) is 1.86. The monoisotopic (exact) mass is 261 g/mol. The van der Waals surface area contributed by atoms with E-state index in [0.717, 1.165) is 32.8 Å². The molecule has 0 aliphatic carbocycles.